The highest BCUT2D eigenvalue weighted by molar-refractivity contribution is 5.99. The summed E-state index contributed by atoms with van der Waals surface area (Å²) < 4.78 is 39.4. The molecule has 1 aromatic rings. The highest BCUT2D eigenvalue weighted by atomic mass is 19.4. The number of benzene rings is 1. The fourth-order valence-electron chi connectivity index (χ4n) is 2.54. The molecule has 1 aliphatic rings. The maximum Gasteiger partial charge on any atom is 0.416 e. The average molecular weight is 316 g/mol. The summed E-state index contributed by atoms with van der Waals surface area (Å²) in [6, 6.07) is 2.76. The predicted octanol–water partition coefficient (Wildman–Crippen LogP) is 3.64. The Kier molecular flexibility index (Phi) is 6.00. The molecule has 1 amide bonds. The first kappa shape index (κ1) is 18.5. The standard InChI is InChI=1S/C14H17F3N2O.C2H6/c1-8(7-19(2)3)9-4-10-11(6-18-13(10)20)12(5-9)14(15,16)17;1-2/h4-5,8H,6-7H2,1-3H3,(H,18,20);1-2H3. The van der Waals surface area contributed by atoms with Crippen LogP contribution in [0.3, 0.4) is 0 Å². The van der Waals surface area contributed by atoms with E-state index in [4.69, 9.17) is 0 Å². The molecular formula is C16H23F3N2O. The molecule has 6 heteroatoms. The molecular weight excluding hydrogens is 293 g/mol. The van der Waals surface area contributed by atoms with Gasteiger partial charge < -0.3 is 10.2 Å². The number of fused-ring (bicyclic) bond motifs is 1. The van der Waals surface area contributed by atoms with Crippen LogP contribution in [0.25, 0.3) is 0 Å². The Balaban J connectivity index is 0.00000116. The van der Waals surface area contributed by atoms with Gasteiger partial charge in [-0.25, -0.2) is 0 Å². The van der Waals surface area contributed by atoms with Crippen LogP contribution in [0.15, 0.2) is 12.1 Å². The number of carbonyl (C=O) groups excluding carboxylic acids is 1. The molecule has 0 aliphatic carbocycles. The molecule has 1 N–H and O–H groups in total. The van der Waals surface area contributed by atoms with Crippen molar-refractivity contribution in [1.29, 1.82) is 0 Å². The third-order valence-corrected chi connectivity index (χ3v) is 3.46. The molecule has 124 valence electrons. The largest absolute Gasteiger partial charge is 0.416 e. The summed E-state index contributed by atoms with van der Waals surface area (Å²) in [6.45, 7) is 6.43. The minimum absolute atomic E-state index is 0.0502. The number of hydrogen-bond acceptors (Lipinski definition) is 2. The average Bonchev–Trinajstić information content (AvgIpc) is 2.80. The van der Waals surface area contributed by atoms with Crippen molar-refractivity contribution in [3.63, 3.8) is 0 Å². The summed E-state index contributed by atoms with van der Waals surface area (Å²) in [6.07, 6.45) is -4.44. The lowest BCUT2D eigenvalue weighted by Crippen LogP contribution is -2.19. The van der Waals surface area contributed by atoms with E-state index in [0.717, 1.165) is 0 Å². The van der Waals surface area contributed by atoms with E-state index in [9.17, 15) is 18.0 Å². The molecule has 0 fully saturated rings. The van der Waals surface area contributed by atoms with Gasteiger partial charge >= 0.3 is 6.18 Å². The summed E-state index contributed by atoms with van der Waals surface area (Å²) in [4.78, 5) is 13.6. The molecule has 1 aromatic carbocycles. The zero-order chi connectivity index (χ0) is 17.1. The number of amides is 1. The van der Waals surface area contributed by atoms with Gasteiger partial charge in [-0.3, -0.25) is 4.79 Å². The van der Waals surface area contributed by atoms with Crippen molar-refractivity contribution in [3.8, 4) is 0 Å². The van der Waals surface area contributed by atoms with E-state index < -0.39 is 17.6 Å². The molecule has 1 heterocycles. The smallest absolute Gasteiger partial charge is 0.348 e. The molecule has 22 heavy (non-hydrogen) atoms. The van der Waals surface area contributed by atoms with Gasteiger partial charge in [-0.2, -0.15) is 13.2 Å². The molecule has 1 atom stereocenters. The molecule has 0 radical (unpaired) electrons. The van der Waals surface area contributed by atoms with Crippen LogP contribution in [-0.2, 0) is 12.7 Å². The normalized spacial score (nSPS) is 15.0. The van der Waals surface area contributed by atoms with Gasteiger partial charge in [0.25, 0.3) is 5.91 Å². The number of hydrogen-bond donors (Lipinski definition) is 1. The van der Waals surface area contributed by atoms with E-state index in [1.807, 2.05) is 39.8 Å². The third-order valence-electron chi connectivity index (χ3n) is 3.46. The van der Waals surface area contributed by atoms with Crippen LogP contribution in [-0.4, -0.2) is 31.4 Å². The summed E-state index contributed by atoms with van der Waals surface area (Å²) in [5.41, 5.74) is 0.0551. The highest BCUT2D eigenvalue weighted by Crippen LogP contribution is 2.37. The summed E-state index contributed by atoms with van der Waals surface area (Å²) in [7, 11) is 3.72. The lowest BCUT2D eigenvalue weighted by Gasteiger charge is -2.20. The first-order valence-electron chi connectivity index (χ1n) is 7.37. The zero-order valence-electron chi connectivity index (χ0n) is 13.6. The Morgan fingerprint density at radius 3 is 2.36 bits per heavy atom. The number of nitrogens with one attached hydrogen (secondary N) is 1. The minimum atomic E-state index is -4.44. The number of alkyl halides is 3. The molecule has 1 aliphatic heterocycles. The first-order chi connectivity index (χ1) is 10.2. The molecule has 0 spiro atoms. The summed E-state index contributed by atoms with van der Waals surface area (Å²) in [5, 5.41) is 2.46. The van der Waals surface area contributed by atoms with Gasteiger partial charge in [-0.05, 0) is 43.3 Å². The number of rotatable bonds is 3. The van der Waals surface area contributed by atoms with Gasteiger partial charge in [0, 0.05) is 18.7 Å². The van der Waals surface area contributed by atoms with E-state index in [1.165, 1.54) is 6.07 Å². The Labute approximate surface area is 129 Å². The number of likely N-dealkylation sites (N-methyl/N-ethyl adjacent to an activating group) is 1. The van der Waals surface area contributed by atoms with Crippen molar-refractivity contribution in [2.24, 2.45) is 0 Å². The van der Waals surface area contributed by atoms with Crippen molar-refractivity contribution < 1.29 is 18.0 Å². The first-order valence-corrected chi connectivity index (χ1v) is 7.37. The molecule has 3 nitrogen and oxygen atoms in total. The van der Waals surface area contributed by atoms with Gasteiger partial charge in [0.05, 0.1) is 5.56 Å². The van der Waals surface area contributed by atoms with Crippen LogP contribution in [0, 0.1) is 0 Å². The minimum Gasteiger partial charge on any atom is -0.348 e. The molecule has 2 rings (SSSR count). The fourth-order valence-corrected chi connectivity index (χ4v) is 2.54. The topological polar surface area (TPSA) is 32.3 Å². The van der Waals surface area contributed by atoms with Crippen LogP contribution in [0.2, 0.25) is 0 Å². The van der Waals surface area contributed by atoms with Crippen LogP contribution >= 0.6 is 0 Å². The van der Waals surface area contributed by atoms with Crippen LogP contribution in [0.4, 0.5) is 13.2 Å². The van der Waals surface area contributed by atoms with Crippen LogP contribution < -0.4 is 5.32 Å². The predicted molar refractivity (Wildman–Crippen MR) is 80.9 cm³/mol. The fraction of sp³-hybridized carbons (Fsp3) is 0.562. The summed E-state index contributed by atoms with van der Waals surface area (Å²) in [5.74, 6) is -0.505. The van der Waals surface area contributed by atoms with E-state index in [0.29, 0.717) is 12.1 Å². The second-order valence-electron chi connectivity index (χ2n) is 5.44. The monoisotopic (exact) mass is 316 g/mol. The van der Waals surface area contributed by atoms with Gasteiger partial charge in [0.2, 0.25) is 0 Å². The number of carbonyl (C=O) groups is 1. The van der Waals surface area contributed by atoms with Gasteiger partial charge in [0.15, 0.2) is 0 Å². The molecule has 0 saturated heterocycles. The van der Waals surface area contributed by atoms with Gasteiger partial charge in [0.1, 0.15) is 0 Å². The third kappa shape index (κ3) is 4.00. The van der Waals surface area contributed by atoms with E-state index in [-0.39, 0.29) is 23.6 Å². The van der Waals surface area contributed by atoms with Crippen molar-refractivity contribution >= 4 is 5.91 Å². The molecule has 0 aromatic heterocycles. The second kappa shape index (κ2) is 7.13. The Morgan fingerprint density at radius 2 is 1.86 bits per heavy atom. The zero-order valence-corrected chi connectivity index (χ0v) is 13.6. The molecule has 1 unspecified atom stereocenters. The van der Waals surface area contributed by atoms with Gasteiger partial charge in [-0.1, -0.05) is 20.8 Å². The highest BCUT2D eigenvalue weighted by Gasteiger charge is 2.38. The Bertz CT molecular complexity index is 539. The second-order valence-corrected chi connectivity index (χ2v) is 5.44. The lowest BCUT2D eigenvalue weighted by molar-refractivity contribution is -0.138. The van der Waals surface area contributed by atoms with E-state index in [2.05, 4.69) is 5.32 Å². The maximum absolute atomic E-state index is 13.1. The Morgan fingerprint density at radius 1 is 1.27 bits per heavy atom. The van der Waals surface area contributed by atoms with Crippen molar-refractivity contribution in [2.75, 3.05) is 20.6 Å². The van der Waals surface area contributed by atoms with Crippen molar-refractivity contribution in [2.45, 2.75) is 39.4 Å². The van der Waals surface area contributed by atoms with E-state index in [1.54, 1.807) is 6.07 Å². The maximum atomic E-state index is 13.1. The number of nitrogens with zero attached hydrogens (tertiary/aromatic N) is 1. The molecule has 0 bridgehead atoms. The van der Waals surface area contributed by atoms with Gasteiger partial charge in [-0.15, -0.1) is 0 Å². The molecule has 0 saturated carbocycles. The van der Waals surface area contributed by atoms with E-state index >= 15 is 0 Å². The summed E-state index contributed by atoms with van der Waals surface area (Å²) >= 11 is 0. The van der Waals surface area contributed by atoms with Crippen LogP contribution in [0.1, 0.15) is 53.7 Å². The SMILES string of the molecule is CC.CC(CN(C)C)c1cc2c(c(C(F)(F)F)c1)CNC2=O. The van der Waals surface area contributed by atoms with Crippen molar-refractivity contribution in [1.82, 2.24) is 10.2 Å². The Hall–Kier alpha value is -1.56. The van der Waals surface area contributed by atoms with Crippen LogP contribution in [0.5, 0.6) is 0 Å². The van der Waals surface area contributed by atoms with Crippen molar-refractivity contribution in [3.05, 3.63) is 34.4 Å². The lowest BCUT2D eigenvalue weighted by atomic mass is 9.92. The number of halogens is 3. The quantitative estimate of drug-likeness (QED) is 0.923.